The monoisotopic (exact) mass is 317 g/mol. The zero-order valence-corrected chi connectivity index (χ0v) is 13.8. The maximum atomic E-state index is 12.4. The Morgan fingerprint density at radius 2 is 1.91 bits per heavy atom. The van der Waals surface area contributed by atoms with Gasteiger partial charge in [-0.25, -0.2) is 4.79 Å². The minimum absolute atomic E-state index is 0.0304. The van der Waals surface area contributed by atoms with E-state index in [1.807, 2.05) is 31.2 Å². The summed E-state index contributed by atoms with van der Waals surface area (Å²) in [5, 5.41) is 5.80. The van der Waals surface area contributed by atoms with Gasteiger partial charge in [-0.2, -0.15) is 0 Å². The number of nitrogens with two attached hydrogens (primary N) is 1. The van der Waals surface area contributed by atoms with Gasteiger partial charge in [-0.3, -0.25) is 4.79 Å². The molecule has 1 atom stereocenters. The van der Waals surface area contributed by atoms with E-state index in [4.69, 9.17) is 5.73 Å². The van der Waals surface area contributed by atoms with Crippen LogP contribution in [0.4, 0.5) is 4.79 Å². The minimum atomic E-state index is -0.612. The number of hydrogen-bond donors (Lipinski definition) is 3. The van der Waals surface area contributed by atoms with Gasteiger partial charge in [0, 0.05) is 6.04 Å². The van der Waals surface area contributed by atoms with Crippen molar-refractivity contribution in [2.45, 2.75) is 64.0 Å². The molecule has 4 N–H and O–H groups in total. The van der Waals surface area contributed by atoms with Gasteiger partial charge in [0.1, 0.15) is 0 Å². The second-order valence-electron chi connectivity index (χ2n) is 6.44. The molecule has 1 aliphatic rings. The van der Waals surface area contributed by atoms with Crippen LogP contribution in [0.3, 0.4) is 0 Å². The van der Waals surface area contributed by atoms with Crippen LogP contribution in [0.2, 0.25) is 0 Å². The van der Waals surface area contributed by atoms with E-state index in [-0.39, 0.29) is 18.4 Å². The molecule has 0 aliphatic heterocycles. The van der Waals surface area contributed by atoms with Gasteiger partial charge in [0.05, 0.1) is 12.5 Å². The first-order chi connectivity index (χ1) is 11.0. The third-order valence-electron chi connectivity index (χ3n) is 4.37. The van der Waals surface area contributed by atoms with Gasteiger partial charge < -0.3 is 16.4 Å². The quantitative estimate of drug-likeness (QED) is 0.729. The van der Waals surface area contributed by atoms with Gasteiger partial charge in [-0.15, -0.1) is 0 Å². The zero-order chi connectivity index (χ0) is 16.7. The molecule has 0 unspecified atom stereocenters. The van der Waals surface area contributed by atoms with Crippen molar-refractivity contribution in [2.75, 3.05) is 0 Å². The average Bonchev–Trinajstić information content (AvgIpc) is 2.74. The molecule has 0 spiro atoms. The standard InChI is InChI=1S/C18H27N3O2/c1-13-7-6-8-14(11-13)16(21-18(19)23)12-17(22)20-15-9-4-2-3-5-10-15/h6-8,11,15-16H,2-5,9-10,12H2,1H3,(H,20,22)(H3,19,21,23)/t16-/m1/s1. The second kappa shape index (κ2) is 8.56. The molecule has 1 aromatic rings. The average molecular weight is 317 g/mol. The largest absolute Gasteiger partial charge is 0.353 e. The molecule has 5 heteroatoms. The second-order valence-corrected chi connectivity index (χ2v) is 6.44. The lowest BCUT2D eigenvalue weighted by atomic mass is 10.0. The van der Waals surface area contributed by atoms with Crippen LogP contribution in [-0.4, -0.2) is 18.0 Å². The Balaban J connectivity index is 1.99. The molecule has 23 heavy (non-hydrogen) atoms. The minimum Gasteiger partial charge on any atom is -0.353 e. The van der Waals surface area contributed by atoms with E-state index in [0.717, 1.165) is 24.0 Å². The number of urea groups is 1. The van der Waals surface area contributed by atoms with Crippen LogP contribution in [0.25, 0.3) is 0 Å². The smallest absolute Gasteiger partial charge is 0.312 e. The molecule has 1 fully saturated rings. The summed E-state index contributed by atoms with van der Waals surface area (Å²) in [7, 11) is 0. The summed E-state index contributed by atoms with van der Waals surface area (Å²) in [5.41, 5.74) is 7.26. The van der Waals surface area contributed by atoms with Gasteiger partial charge in [0.25, 0.3) is 0 Å². The van der Waals surface area contributed by atoms with Crippen LogP contribution in [0, 0.1) is 6.92 Å². The summed E-state index contributed by atoms with van der Waals surface area (Å²) < 4.78 is 0. The van der Waals surface area contributed by atoms with E-state index in [9.17, 15) is 9.59 Å². The first kappa shape index (κ1) is 17.3. The SMILES string of the molecule is Cc1cccc([C@@H](CC(=O)NC2CCCCCC2)NC(N)=O)c1. The Morgan fingerprint density at radius 1 is 1.22 bits per heavy atom. The van der Waals surface area contributed by atoms with Crippen molar-refractivity contribution < 1.29 is 9.59 Å². The predicted octanol–water partition coefficient (Wildman–Crippen LogP) is 2.93. The Hall–Kier alpha value is -2.04. The molecule has 2 rings (SSSR count). The zero-order valence-electron chi connectivity index (χ0n) is 13.8. The number of carbonyl (C=O) groups is 2. The van der Waals surface area contributed by atoms with E-state index in [1.165, 1.54) is 25.7 Å². The van der Waals surface area contributed by atoms with Crippen LogP contribution in [-0.2, 0) is 4.79 Å². The molecule has 1 aliphatic carbocycles. The fourth-order valence-electron chi connectivity index (χ4n) is 3.21. The normalized spacial score (nSPS) is 17.1. The predicted molar refractivity (Wildman–Crippen MR) is 90.9 cm³/mol. The number of aryl methyl sites for hydroxylation is 1. The Labute approximate surface area is 138 Å². The first-order valence-electron chi connectivity index (χ1n) is 8.46. The summed E-state index contributed by atoms with van der Waals surface area (Å²) in [6.07, 6.45) is 7.15. The van der Waals surface area contributed by atoms with Crippen LogP contribution in [0.15, 0.2) is 24.3 Å². The summed E-state index contributed by atoms with van der Waals surface area (Å²) in [6.45, 7) is 1.98. The van der Waals surface area contributed by atoms with E-state index >= 15 is 0 Å². The Kier molecular flexibility index (Phi) is 6.44. The molecular formula is C18H27N3O2. The van der Waals surface area contributed by atoms with Gasteiger partial charge in [0.2, 0.25) is 5.91 Å². The van der Waals surface area contributed by atoms with Gasteiger partial charge in [0.15, 0.2) is 0 Å². The summed E-state index contributed by atoms with van der Waals surface area (Å²) >= 11 is 0. The van der Waals surface area contributed by atoms with E-state index in [2.05, 4.69) is 10.6 Å². The van der Waals surface area contributed by atoms with E-state index in [0.29, 0.717) is 0 Å². The number of benzene rings is 1. The number of rotatable bonds is 5. The van der Waals surface area contributed by atoms with Crippen molar-refractivity contribution in [3.8, 4) is 0 Å². The summed E-state index contributed by atoms with van der Waals surface area (Å²) in [6, 6.07) is 7.04. The van der Waals surface area contributed by atoms with Gasteiger partial charge in [-0.05, 0) is 25.3 Å². The van der Waals surface area contributed by atoms with Crippen molar-refractivity contribution in [1.82, 2.24) is 10.6 Å². The lowest BCUT2D eigenvalue weighted by Crippen LogP contribution is -2.39. The highest BCUT2D eigenvalue weighted by Gasteiger charge is 2.20. The number of carbonyl (C=O) groups excluding carboxylic acids is 2. The molecule has 1 saturated carbocycles. The van der Waals surface area contributed by atoms with Gasteiger partial charge in [-0.1, -0.05) is 55.5 Å². The molecule has 0 saturated heterocycles. The fraction of sp³-hybridized carbons (Fsp3) is 0.556. The molecule has 0 aromatic heterocycles. The number of primary amides is 1. The van der Waals surface area contributed by atoms with Crippen molar-refractivity contribution >= 4 is 11.9 Å². The van der Waals surface area contributed by atoms with Gasteiger partial charge >= 0.3 is 6.03 Å². The number of nitrogens with one attached hydrogen (secondary N) is 2. The Bertz CT molecular complexity index is 537. The molecule has 5 nitrogen and oxygen atoms in total. The lowest BCUT2D eigenvalue weighted by Gasteiger charge is -2.21. The molecule has 0 heterocycles. The molecule has 0 bridgehead atoms. The number of hydrogen-bond acceptors (Lipinski definition) is 2. The van der Waals surface area contributed by atoms with Crippen LogP contribution in [0.5, 0.6) is 0 Å². The van der Waals surface area contributed by atoms with E-state index < -0.39 is 12.1 Å². The van der Waals surface area contributed by atoms with Crippen molar-refractivity contribution in [3.05, 3.63) is 35.4 Å². The summed E-state index contributed by atoms with van der Waals surface area (Å²) in [5.74, 6) is -0.0304. The highest BCUT2D eigenvalue weighted by molar-refractivity contribution is 5.79. The lowest BCUT2D eigenvalue weighted by molar-refractivity contribution is -0.122. The maximum absolute atomic E-state index is 12.4. The molecule has 3 amide bonds. The summed E-state index contributed by atoms with van der Waals surface area (Å²) in [4.78, 5) is 23.6. The van der Waals surface area contributed by atoms with Crippen molar-refractivity contribution in [1.29, 1.82) is 0 Å². The molecule has 0 radical (unpaired) electrons. The highest BCUT2D eigenvalue weighted by Crippen LogP contribution is 2.20. The fourth-order valence-corrected chi connectivity index (χ4v) is 3.21. The van der Waals surface area contributed by atoms with Crippen LogP contribution in [0.1, 0.15) is 62.1 Å². The van der Waals surface area contributed by atoms with Crippen molar-refractivity contribution in [3.63, 3.8) is 0 Å². The third-order valence-corrected chi connectivity index (χ3v) is 4.37. The number of amides is 3. The molecular weight excluding hydrogens is 290 g/mol. The van der Waals surface area contributed by atoms with Crippen molar-refractivity contribution in [2.24, 2.45) is 5.73 Å². The van der Waals surface area contributed by atoms with Crippen LogP contribution >= 0.6 is 0 Å². The third kappa shape index (κ3) is 5.93. The highest BCUT2D eigenvalue weighted by atomic mass is 16.2. The topological polar surface area (TPSA) is 84.2 Å². The van der Waals surface area contributed by atoms with Crippen LogP contribution < -0.4 is 16.4 Å². The molecule has 1 aromatic carbocycles. The first-order valence-corrected chi connectivity index (χ1v) is 8.46. The van der Waals surface area contributed by atoms with E-state index in [1.54, 1.807) is 0 Å². The maximum Gasteiger partial charge on any atom is 0.312 e. The Morgan fingerprint density at radius 3 is 2.52 bits per heavy atom. The molecule has 126 valence electrons.